The second-order valence-electron chi connectivity index (χ2n) is 3.84. The van der Waals surface area contributed by atoms with Crippen LogP contribution in [-0.2, 0) is 6.54 Å². The first kappa shape index (κ1) is 7.33. The Bertz CT molecular complexity index is 333. The Morgan fingerprint density at radius 2 is 2.38 bits per heavy atom. The lowest BCUT2D eigenvalue weighted by atomic mass is 10.3. The molecule has 0 saturated heterocycles. The maximum Gasteiger partial charge on any atom is 0.143 e. The highest BCUT2D eigenvalue weighted by Gasteiger charge is 2.46. The van der Waals surface area contributed by atoms with E-state index in [1.54, 1.807) is 0 Å². The Morgan fingerprint density at radius 3 is 3.23 bits per heavy atom. The Kier molecular flexibility index (Phi) is 1.38. The highest BCUT2D eigenvalue weighted by molar-refractivity contribution is 5.30. The predicted molar refractivity (Wildman–Crippen MR) is 48.5 cm³/mol. The lowest BCUT2D eigenvalue weighted by Gasteiger charge is -2.14. The molecule has 0 unspecified atom stereocenters. The number of nitrogens with zero attached hydrogens (tertiary/aromatic N) is 1. The Hall–Kier alpha value is -1.09. The van der Waals surface area contributed by atoms with Crippen LogP contribution in [0.2, 0.25) is 0 Å². The first-order valence-electron chi connectivity index (χ1n) is 4.72. The molecule has 0 bridgehead atoms. The summed E-state index contributed by atoms with van der Waals surface area (Å²) >= 11 is 0. The average molecular weight is 176 g/mol. The average Bonchev–Trinajstić information content (AvgIpc) is 2.92. The number of pyridine rings is 1. The Balaban J connectivity index is 1.99. The van der Waals surface area contributed by atoms with Gasteiger partial charge in [-0.05, 0) is 25.0 Å². The fourth-order valence-electron chi connectivity index (χ4n) is 1.75. The molecule has 2 heterocycles. The summed E-state index contributed by atoms with van der Waals surface area (Å²) < 4.78 is 5.93. The summed E-state index contributed by atoms with van der Waals surface area (Å²) in [6.45, 7) is 1.79. The van der Waals surface area contributed by atoms with E-state index in [-0.39, 0.29) is 5.60 Å². The van der Waals surface area contributed by atoms with E-state index in [2.05, 4.69) is 10.3 Å². The van der Waals surface area contributed by atoms with Crippen molar-refractivity contribution in [2.24, 2.45) is 0 Å². The molecule has 0 atom stereocenters. The molecule has 1 spiro atoms. The predicted octanol–water partition coefficient (Wildman–Crippen LogP) is 1.10. The van der Waals surface area contributed by atoms with Gasteiger partial charge < -0.3 is 10.1 Å². The molecule has 1 aromatic heterocycles. The van der Waals surface area contributed by atoms with Crippen LogP contribution in [0.1, 0.15) is 18.5 Å². The van der Waals surface area contributed by atoms with Gasteiger partial charge in [0.05, 0.1) is 5.69 Å². The van der Waals surface area contributed by atoms with Gasteiger partial charge in [-0.3, -0.25) is 4.98 Å². The summed E-state index contributed by atoms with van der Waals surface area (Å²) in [7, 11) is 0. The van der Waals surface area contributed by atoms with Crippen LogP contribution in [0.15, 0.2) is 18.3 Å². The minimum absolute atomic E-state index is 0.105. The zero-order valence-electron chi connectivity index (χ0n) is 7.42. The lowest BCUT2D eigenvalue weighted by molar-refractivity contribution is 0.183. The van der Waals surface area contributed by atoms with E-state index in [1.807, 2.05) is 18.3 Å². The molecule has 3 rings (SSSR count). The molecule has 1 aliphatic heterocycles. The second-order valence-corrected chi connectivity index (χ2v) is 3.84. The van der Waals surface area contributed by atoms with Crippen LogP contribution in [0.4, 0.5) is 0 Å². The number of hydrogen-bond acceptors (Lipinski definition) is 3. The van der Waals surface area contributed by atoms with Gasteiger partial charge in [0.1, 0.15) is 11.4 Å². The summed E-state index contributed by atoms with van der Waals surface area (Å²) in [5.41, 5.74) is 1.14. The summed E-state index contributed by atoms with van der Waals surface area (Å²) in [6.07, 6.45) is 4.16. The second kappa shape index (κ2) is 2.45. The first-order valence-corrected chi connectivity index (χ1v) is 4.72. The highest BCUT2D eigenvalue weighted by Crippen LogP contribution is 2.41. The van der Waals surface area contributed by atoms with Crippen LogP contribution in [0.5, 0.6) is 5.75 Å². The highest BCUT2D eigenvalue weighted by atomic mass is 16.5. The molecule has 0 amide bonds. The largest absolute Gasteiger partial charge is 0.484 e. The van der Waals surface area contributed by atoms with Gasteiger partial charge in [-0.25, -0.2) is 0 Å². The van der Waals surface area contributed by atoms with Crippen molar-refractivity contribution in [1.82, 2.24) is 10.3 Å². The van der Waals surface area contributed by atoms with Gasteiger partial charge in [-0.1, -0.05) is 0 Å². The third-order valence-corrected chi connectivity index (χ3v) is 2.72. The van der Waals surface area contributed by atoms with Crippen molar-refractivity contribution < 1.29 is 4.74 Å². The van der Waals surface area contributed by atoms with Crippen molar-refractivity contribution >= 4 is 0 Å². The summed E-state index contributed by atoms with van der Waals surface area (Å²) in [6, 6.07) is 3.94. The Morgan fingerprint density at radius 1 is 1.46 bits per heavy atom. The number of fused-ring (bicyclic) bond motifs is 1. The minimum Gasteiger partial charge on any atom is -0.484 e. The molecule has 3 nitrogen and oxygen atoms in total. The van der Waals surface area contributed by atoms with Crippen LogP contribution in [0.25, 0.3) is 0 Å². The normalized spacial score (nSPS) is 23.1. The summed E-state index contributed by atoms with van der Waals surface area (Å²) in [4.78, 5) is 4.29. The summed E-state index contributed by atoms with van der Waals surface area (Å²) in [5, 5.41) is 3.37. The van der Waals surface area contributed by atoms with Gasteiger partial charge in [0.25, 0.3) is 0 Å². The van der Waals surface area contributed by atoms with E-state index in [4.69, 9.17) is 4.74 Å². The van der Waals surface area contributed by atoms with Crippen molar-refractivity contribution in [3.8, 4) is 5.75 Å². The van der Waals surface area contributed by atoms with E-state index in [0.29, 0.717) is 0 Å². The van der Waals surface area contributed by atoms with Gasteiger partial charge in [0.15, 0.2) is 0 Å². The zero-order valence-corrected chi connectivity index (χ0v) is 7.42. The van der Waals surface area contributed by atoms with Crippen molar-refractivity contribution in [3.05, 3.63) is 24.0 Å². The standard InChI is InChI=1S/C10H12N2O/c1-2-9-8(12-5-1)6-11-7-10(13-9)3-4-10/h1-2,5,11H,3-4,6-7H2. The van der Waals surface area contributed by atoms with E-state index in [9.17, 15) is 0 Å². The smallest absolute Gasteiger partial charge is 0.143 e. The Labute approximate surface area is 77.1 Å². The quantitative estimate of drug-likeness (QED) is 0.642. The van der Waals surface area contributed by atoms with Crippen LogP contribution in [0, 0.1) is 0 Å². The first-order chi connectivity index (χ1) is 6.38. The molecule has 1 fully saturated rings. The van der Waals surface area contributed by atoms with Crippen molar-refractivity contribution in [2.45, 2.75) is 25.0 Å². The summed E-state index contributed by atoms with van der Waals surface area (Å²) in [5.74, 6) is 0.963. The third kappa shape index (κ3) is 1.20. The van der Waals surface area contributed by atoms with Crippen molar-refractivity contribution in [3.63, 3.8) is 0 Å². The lowest BCUT2D eigenvalue weighted by Crippen LogP contribution is -2.29. The monoisotopic (exact) mass is 176 g/mol. The maximum atomic E-state index is 5.93. The number of rotatable bonds is 0. The van der Waals surface area contributed by atoms with Crippen LogP contribution >= 0.6 is 0 Å². The van der Waals surface area contributed by atoms with Gasteiger partial charge >= 0.3 is 0 Å². The molecule has 1 aliphatic carbocycles. The van der Waals surface area contributed by atoms with Crippen LogP contribution in [-0.4, -0.2) is 17.1 Å². The molecule has 2 aliphatic rings. The molecular weight excluding hydrogens is 164 g/mol. The number of hydrogen-bond donors (Lipinski definition) is 1. The van der Waals surface area contributed by atoms with Gasteiger partial charge in [-0.2, -0.15) is 0 Å². The fraction of sp³-hybridized carbons (Fsp3) is 0.500. The molecule has 0 radical (unpaired) electrons. The van der Waals surface area contributed by atoms with Gasteiger partial charge in [0, 0.05) is 19.3 Å². The van der Waals surface area contributed by atoms with Crippen LogP contribution < -0.4 is 10.1 Å². The number of ether oxygens (including phenoxy) is 1. The third-order valence-electron chi connectivity index (χ3n) is 2.72. The number of nitrogens with one attached hydrogen (secondary N) is 1. The van der Waals surface area contributed by atoms with E-state index < -0.39 is 0 Å². The zero-order chi connectivity index (χ0) is 8.73. The van der Waals surface area contributed by atoms with Crippen molar-refractivity contribution in [1.29, 1.82) is 0 Å². The minimum atomic E-state index is 0.105. The van der Waals surface area contributed by atoms with Gasteiger partial charge in [-0.15, -0.1) is 0 Å². The SMILES string of the molecule is c1cnc2c(c1)OC1(CC1)CNC2. The topological polar surface area (TPSA) is 34.1 Å². The van der Waals surface area contributed by atoms with E-state index in [0.717, 1.165) is 24.5 Å². The molecule has 1 N–H and O–H groups in total. The molecular formula is C10H12N2O. The molecule has 0 aromatic carbocycles. The molecule has 1 saturated carbocycles. The van der Waals surface area contributed by atoms with E-state index in [1.165, 1.54) is 12.8 Å². The fourth-order valence-corrected chi connectivity index (χ4v) is 1.75. The maximum absolute atomic E-state index is 5.93. The van der Waals surface area contributed by atoms with E-state index >= 15 is 0 Å². The van der Waals surface area contributed by atoms with Crippen LogP contribution in [0.3, 0.4) is 0 Å². The van der Waals surface area contributed by atoms with Gasteiger partial charge in [0.2, 0.25) is 0 Å². The van der Waals surface area contributed by atoms with Crippen molar-refractivity contribution in [2.75, 3.05) is 6.54 Å². The molecule has 3 heteroatoms. The molecule has 68 valence electrons. The molecule has 1 aromatic rings. The number of aromatic nitrogens is 1. The molecule has 13 heavy (non-hydrogen) atoms.